The van der Waals surface area contributed by atoms with Gasteiger partial charge in [0.25, 0.3) is 5.91 Å². The molecule has 0 aliphatic carbocycles. The minimum atomic E-state index is -0.737. The fourth-order valence-corrected chi connectivity index (χ4v) is 4.29. The third kappa shape index (κ3) is 5.15. The minimum absolute atomic E-state index is 0.159. The van der Waals surface area contributed by atoms with Crippen molar-refractivity contribution < 1.29 is 24.2 Å². The zero-order valence-corrected chi connectivity index (χ0v) is 18.8. The third-order valence-electron chi connectivity index (χ3n) is 6.66. The highest BCUT2D eigenvalue weighted by Gasteiger charge is 2.48. The van der Waals surface area contributed by atoms with Gasteiger partial charge < -0.3 is 19.6 Å². The highest BCUT2D eigenvalue weighted by atomic mass is 16.5. The number of fused-ring (bicyclic) bond motifs is 2. The normalized spacial score (nSPS) is 22.4. The second-order valence-corrected chi connectivity index (χ2v) is 9.22. The van der Waals surface area contributed by atoms with Gasteiger partial charge in [0.2, 0.25) is 11.7 Å². The van der Waals surface area contributed by atoms with Gasteiger partial charge in [0.1, 0.15) is 6.04 Å². The number of hydrogen-bond acceptors (Lipinski definition) is 5. The van der Waals surface area contributed by atoms with Gasteiger partial charge in [-0.3, -0.25) is 14.4 Å². The van der Waals surface area contributed by atoms with Crippen molar-refractivity contribution >= 4 is 17.6 Å². The first-order chi connectivity index (χ1) is 14.8. The SMILES string of the molecule is CCC(C)(C)C(=O)C(=O)N1C2CCCC1C(=O)N(C[C@H](CO)OCc1ccccc1)C2. The van der Waals surface area contributed by atoms with Crippen LogP contribution in [0.4, 0.5) is 0 Å². The molecule has 2 aliphatic heterocycles. The molecule has 2 bridgehead atoms. The van der Waals surface area contributed by atoms with E-state index in [0.717, 1.165) is 18.4 Å². The number of likely N-dealkylation sites (tertiary alicyclic amines) is 1. The van der Waals surface area contributed by atoms with Crippen LogP contribution in [0, 0.1) is 5.41 Å². The number of ether oxygens (including phenoxy) is 1. The first-order valence-electron chi connectivity index (χ1n) is 11.2. The van der Waals surface area contributed by atoms with E-state index in [2.05, 4.69) is 0 Å². The number of benzene rings is 1. The van der Waals surface area contributed by atoms with E-state index < -0.39 is 29.3 Å². The second-order valence-electron chi connectivity index (χ2n) is 9.22. The first-order valence-corrected chi connectivity index (χ1v) is 11.2. The molecule has 3 atom stereocenters. The lowest BCUT2D eigenvalue weighted by atomic mass is 9.82. The van der Waals surface area contributed by atoms with Crippen molar-refractivity contribution in [2.45, 2.75) is 71.2 Å². The van der Waals surface area contributed by atoms with Crippen LogP contribution in [0.15, 0.2) is 30.3 Å². The van der Waals surface area contributed by atoms with Crippen LogP contribution in [-0.2, 0) is 25.7 Å². The number of piperazine rings is 1. The van der Waals surface area contributed by atoms with Gasteiger partial charge in [-0.25, -0.2) is 0 Å². The largest absolute Gasteiger partial charge is 0.394 e. The van der Waals surface area contributed by atoms with Crippen LogP contribution in [0.3, 0.4) is 0 Å². The second kappa shape index (κ2) is 9.92. The maximum absolute atomic E-state index is 13.2. The Labute approximate surface area is 184 Å². The average Bonchev–Trinajstić information content (AvgIpc) is 2.79. The Morgan fingerprint density at radius 1 is 1.23 bits per heavy atom. The molecule has 2 amide bonds. The molecule has 0 saturated carbocycles. The molecule has 1 aromatic rings. The predicted molar refractivity (Wildman–Crippen MR) is 116 cm³/mol. The Bertz CT molecular complexity index is 794. The molecular weight excluding hydrogens is 396 g/mol. The van der Waals surface area contributed by atoms with Gasteiger partial charge in [0.05, 0.1) is 25.4 Å². The molecule has 7 heteroatoms. The number of carbonyl (C=O) groups is 3. The van der Waals surface area contributed by atoms with Crippen molar-refractivity contribution in [3.63, 3.8) is 0 Å². The molecule has 2 heterocycles. The quantitative estimate of drug-likeness (QED) is 0.607. The number of nitrogens with zero attached hydrogens (tertiary/aromatic N) is 2. The van der Waals surface area contributed by atoms with Gasteiger partial charge in [-0.05, 0) is 31.2 Å². The molecule has 0 spiro atoms. The number of amides is 2. The number of piperidine rings is 1. The van der Waals surface area contributed by atoms with Crippen LogP contribution in [0.2, 0.25) is 0 Å². The lowest BCUT2D eigenvalue weighted by molar-refractivity contribution is -0.166. The van der Waals surface area contributed by atoms with Crippen LogP contribution in [0.5, 0.6) is 0 Å². The van der Waals surface area contributed by atoms with Crippen molar-refractivity contribution in [1.82, 2.24) is 9.80 Å². The molecule has 2 saturated heterocycles. The lowest BCUT2D eigenvalue weighted by Gasteiger charge is -2.49. The smallest absolute Gasteiger partial charge is 0.291 e. The molecule has 1 N–H and O–H groups in total. The molecule has 7 nitrogen and oxygen atoms in total. The fourth-order valence-electron chi connectivity index (χ4n) is 4.29. The molecule has 2 unspecified atom stereocenters. The Morgan fingerprint density at radius 2 is 1.94 bits per heavy atom. The van der Waals surface area contributed by atoms with Crippen LogP contribution < -0.4 is 0 Å². The molecule has 0 aromatic heterocycles. The van der Waals surface area contributed by atoms with Gasteiger partial charge in [-0.15, -0.1) is 0 Å². The topological polar surface area (TPSA) is 87.2 Å². The number of rotatable bonds is 9. The summed E-state index contributed by atoms with van der Waals surface area (Å²) in [5.41, 5.74) is 0.260. The van der Waals surface area contributed by atoms with Crippen molar-refractivity contribution in [2.75, 3.05) is 19.7 Å². The Balaban J connectivity index is 1.67. The highest BCUT2D eigenvalue weighted by Crippen LogP contribution is 2.32. The maximum Gasteiger partial charge on any atom is 0.291 e. The number of carbonyl (C=O) groups excluding carboxylic acids is 3. The van der Waals surface area contributed by atoms with E-state index in [1.54, 1.807) is 23.6 Å². The van der Waals surface area contributed by atoms with E-state index in [9.17, 15) is 19.5 Å². The number of aliphatic hydroxyl groups excluding tert-OH is 1. The summed E-state index contributed by atoms with van der Waals surface area (Å²) < 4.78 is 5.84. The number of Topliss-reactive ketones (excluding diaryl/α,β-unsaturated/α-hetero) is 1. The number of hydrogen-bond donors (Lipinski definition) is 1. The number of ketones is 1. The van der Waals surface area contributed by atoms with E-state index in [1.165, 1.54) is 0 Å². The summed E-state index contributed by atoms with van der Waals surface area (Å²) in [6, 6.07) is 8.90. The van der Waals surface area contributed by atoms with Crippen molar-refractivity contribution in [2.24, 2.45) is 5.41 Å². The van der Waals surface area contributed by atoms with Crippen molar-refractivity contribution in [3.05, 3.63) is 35.9 Å². The first kappa shape index (κ1) is 23.4. The summed E-state index contributed by atoms with van der Waals surface area (Å²) in [6.45, 7) is 6.23. The summed E-state index contributed by atoms with van der Waals surface area (Å²) in [7, 11) is 0. The summed E-state index contributed by atoms with van der Waals surface area (Å²) >= 11 is 0. The molecule has 170 valence electrons. The predicted octanol–water partition coefficient (Wildman–Crippen LogP) is 2.16. The van der Waals surface area contributed by atoms with Crippen LogP contribution >= 0.6 is 0 Å². The average molecular weight is 431 g/mol. The van der Waals surface area contributed by atoms with Crippen molar-refractivity contribution in [1.29, 1.82) is 0 Å². The standard InChI is InChI=1S/C24H34N2O5/c1-4-24(2,3)21(28)23(30)26-18-11-8-12-20(26)22(29)25(13-18)14-19(15-27)31-16-17-9-6-5-7-10-17/h5-7,9-10,18-20,27H,4,8,11-16H2,1-3H3/t18?,19-,20?/m1/s1. The zero-order valence-electron chi connectivity index (χ0n) is 18.8. The van der Waals surface area contributed by atoms with E-state index in [1.807, 2.05) is 37.3 Å². The Hall–Kier alpha value is -2.25. The molecule has 1 aromatic carbocycles. The molecule has 0 radical (unpaired) electrons. The molecule has 2 fully saturated rings. The van der Waals surface area contributed by atoms with Gasteiger partial charge in [0.15, 0.2) is 0 Å². The fraction of sp³-hybridized carbons (Fsp3) is 0.625. The highest BCUT2D eigenvalue weighted by molar-refractivity contribution is 6.38. The lowest BCUT2D eigenvalue weighted by Crippen LogP contribution is -2.67. The van der Waals surface area contributed by atoms with Gasteiger partial charge in [0, 0.05) is 18.5 Å². The third-order valence-corrected chi connectivity index (χ3v) is 6.66. The van der Waals surface area contributed by atoms with Crippen LogP contribution in [-0.4, -0.2) is 70.4 Å². The van der Waals surface area contributed by atoms with Gasteiger partial charge in [-0.1, -0.05) is 51.1 Å². The van der Waals surface area contributed by atoms with Crippen LogP contribution in [0.25, 0.3) is 0 Å². The monoisotopic (exact) mass is 430 g/mol. The van der Waals surface area contributed by atoms with E-state index >= 15 is 0 Å². The number of aliphatic hydroxyl groups is 1. The molecule has 3 rings (SSSR count). The van der Waals surface area contributed by atoms with E-state index in [-0.39, 0.29) is 25.1 Å². The Kier molecular flexibility index (Phi) is 7.49. The molecule has 2 aliphatic rings. The summed E-state index contributed by atoms with van der Waals surface area (Å²) in [5, 5.41) is 9.78. The Morgan fingerprint density at radius 3 is 2.58 bits per heavy atom. The van der Waals surface area contributed by atoms with Crippen LogP contribution in [0.1, 0.15) is 52.0 Å². The van der Waals surface area contributed by atoms with Gasteiger partial charge >= 0.3 is 0 Å². The minimum Gasteiger partial charge on any atom is -0.394 e. The maximum atomic E-state index is 13.2. The molecular formula is C24H34N2O5. The summed E-state index contributed by atoms with van der Waals surface area (Å²) in [6.07, 6.45) is 2.25. The van der Waals surface area contributed by atoms with E-state index in [4.69, 9.17) is 4.74 Å². The molecule has 31 heavy (non-hydrogen) atoms. The van der Waals surface area contributed by atoms with E-state index in [0.29, 0.717) is 26.0 Å². The van der Waals surface area contributed by atoms with Crippen molar-refractivity contribution in [3.8, 4) is 0 Å². The summed E-state index contributed by atoms with van der Waals surface area (Å²) in [5.74, 6) is -1.12. The van der Waals surface area contributed by atoms with Gasteiger partial charge in [-0.2, -0.15) is 0 Å². The summed E-state index contributed by atoms with van der Waals surface area (Å²) in [4.78, 5) is 42.3. The zero-order chi connectivity index (χ0) is 22.6.